The summed E-state index contributed by atoms with van der Waals surface area (Å²) >= 11 is 1.56. The molecule has 2 aromatic heterocycles. The normalized spacial score (nSPS) is 10.8. The Morgan fingerprint density at radius 3 is 2.82 bits per heavy atom. The number of aromatic nitrogens is 1. The number of esters is 1. The molecule has 0 bridgehead atoms. The van der Waals surface area contributed by atoms with Gasteiger partial charge in [0.1, 0.15) is 5.58 Å². The van der Waals surface area contributed by atoms with E-state index in [0.717, 1.165) is 16.0 Å². The van der Waals surface area contributed by atoms with Gasteiger partial charge < -0.3 is 9.15 Å². The summed E-state index contributed by atoms with van der Waals surface area (Å²) < 4.78 is 10.8. The van der Waals surface area contributed by atoms with Gasteiger partial charge in [0.2, 0.25) is 5.76 Å². The number of rotatable bonds is 5. The molecule has 2 heterocycles. The van der Waals surface area contributed by atoms with Crippen molar-refractivity contribution >= 4 is 28.7 Å². The van der Waals surface area contributed by atoms with Crippen molar-refractivity contribution in [2.24, 2.45) is 0 Å². The Morgan fingerprint density at radius 2 is 2.05 bits per heavy atom. The highest BCUT2D eigenvalue weighted by atomic mass is 32.2. The second-order valence-electron chi connectivity index (χ2n) is 4.58. The quantitative estimate of drug-likeness (QED) is 0.519. The number of carbonyl (C=O) groups is 1. The molecule has 4 nitrogen and oxygen atoms in total. The molecule has 0 saturated heterocycles. The molecular weight excluding hydrogens is 298 g/mol. The van der Waals surface area contributed by atoms with Crippen LogP contribution in [0, 0.1) is 0 Å². The van der Waals surface area contributed by atoms with Crippen LogP contribution in [0.25, 0.3) is 11.0 Å². The molecule has 0 aliphatic rings. The van der Waals surface area contributed by atoms with Gasteiger partial charge in [-0.15, -0.1) is 11.8 Å². The highest BCUT2D eigenvalue weighted by Gasteiger charge is 2.21. The van der Waals surface area contributed by atoms with Gasteiger partial charge in [0.15, 0.2) is 0 Å². The maximum Gasteiger partial charge on any atom is 0.374 e. The Morgan fingerprint density at radius 1 is 1.23 bits per heavy atom. The maximum absolute atomic E-state index is 12.1. The van der Waals surface area contributed by atoms with Crippen molar-refractivity contribution < 1.29 is 13.9 Å². The van der Waals surface area contributed by atoms with Crippen molar-refractivity contribution in [1.82, 2.24) is 4.98 Å². The van der Waals surface area contributed by atoms with Crippen LogP contribution >= 0.6 is 11.8 Å². The first-order valence-corrected chi connectivity index (χ1v) is 7.99. The van der Waals surface area contributed by atoms with E-state index in [9.17, 15) is 4.79 Å². The topological polar surface area (TPSA) is 52.3 Å². The van der Waals surface area contributed by atoms with Gasteiger partial charge in [-0.25, -0.2) is 9.78 Å². The zero-order valence-corrected chi connectivity index (χ0v) is 12.9. The fraction of sp³-hybridized carbons (Fsp3) is 0.176. The van der Waals surface area contributed by atoms with Crippen molar-refractivity contribution in [2.75, 3.05) is 6.61 Å². The first-order chi connectivity index (χ1) is 10.8. The monoisotopic (exact) mass is 313 g/mol. The number of hydrogen-bond donors (Lipinski definition) is 0. The van der Waals surface area contributed by atoms with Gasteiger partial charge >= 0.3 is 5.97 Å². The van der Waals surface area contributed by atoms with Gasteiger partial charge in [-0.1, -0.05) is 24.3 Å². The number of furan rings is 1. The maximum atomic E-state index is 12.1. The molecule has 3 rings (SSSR count). The van der Waals surface area contributed by atoms with Crippen molar-refractivity contribution in [1.29, 1.82) is 0 Å². The Kier molecular flexibility index (Phi) is 4.44. The van der Waals surface area contributed by atoms with Crippen molar-refractivity contribution in [3.63, 3.8) is 0 Å². The van der Waals surface area contributed by atoms with Gasteiger partial charge in [-0.3, -0.25) is 0 Å². The molecule has 0 saturated carbocycles. The summed E-state index contributed by atoms with van der Waals surface area (Å²) in [4.78, 5) is 16.4. The molecule has 0 atom stereocenters. The predicted octanol–water partition coefficient (Wildman–Crippen LogP) is 4.30. The van der Waals surface area contributed by atoms with Gasteiger partial charge in [0.05, 0.1) is 11.6 Å². The molecule has 0 unspecified atom stereocenters. The fourth-order valence-corrected chi connectivity index (χ4v) is 3.07. The third-order valence-electron chi connectivity index (χ3n) is 3.16. The Balaban J connectivity index is 1.95. The molecule has 0 fully saturated rings. The highest BCUT2D eigenvalue weighted by molar-refractivity contribution is 7.98. The lowest BCUT2D eigenvalue weighted by atomic mass is 10.1. The second kappa shape index (κ2) is 6.66. The summed E-state index contributed by atoms with van der Waals surface area (Å²) in [6.07, 6.45) is 1.75. The first-order valence-electron chi connectivity index (χ1n) is 7.01. The van der Waals surface area contributed by atoms with Crippen LogP contribution < -0.4 is 0 Å². The minimum atomic E-state index is -0.421. The lowest BCUT2D eigenvalue weighted by Gasteiger charge is -2.03. The van der Waals surface area contributed by atoms with Crippen LogP contribution in [0.2, 0.25) is 0 Å². The second-order valence-corrected chi connectivity index (χ2v) is 5.58. The summed E-state index contributed by atoms with van der Waals surface area (Å²) in [5.74, 6) is 0.462. The van der Waals surface area contributed by atoms with Crippen LogP contribution in [0.5, 0.6) is 0 Å². The molecule has 22 heavy (non-hydrogen) atoms. The Hall–Kier alpha value is -2.27. The van der Waals surface area contributed by atoms with Crippen molar-refractivity contribution in [3.05, 3.63) is 60.0 Å². The third-order valence-corrected chi connectivity index (χ3v) is 4.13. The van der Waals surface area contributed by atoms with Crippen LogP contribution in [0.3, 0.4) is 0 Å². The molecule has 0 aliphatic carbocycles. The summed E-state index contributed by atoms with van der Waals surface area (Å²) in [7, 11) is 0. The lowest BCUT2D eigenvalue weighted by molar-refractivity contribution is 0.0491. The van der Waals surface area contributed by atoms with Crippen LogP contribution in [-0.4, -0.2) is 17.6 Å². The molecule has 0 spiro atoms. The lowest BCUT2D eigenvalue weighted by Crippen LogP contribution is -2.05. The minimum Gasteiger partial charge on any atom is -0.460 e. The van der Waals surface area contributed by atoms with Crippen LogP contribution in [-0.2, 0) is 10.5 Å². The molecule has 3 aromatic rings. The zero-order valence-electron chi connectivity index (χ0n) is 12.1. The van der Waals surface area contributed by atoms with E-state index >= 15 is 0 Å². The molecule has 0 amide bonds. The van der Waals surface area contributed by atoms with Gasteiger partial charge in [-0.2, -0.15) is 0 Å². The Labute approximate surface area is 132 Å². The van der Waals surface area contributed by atoms with E-state index in [4.69, 9.17) is 9.15 Å². The van der Waals surface area contributed by atoms with E-state index in [0.29, 0.717) is 17.9 Å². The smallest absolute Gasteiger partial charge is 0.374 e. The highest BCUT2D eigenvalue weighted by Crippen LogP contribution is 2.31. The SMILES string of the molecule is CCOC(=O)c1oc2ccccc2c1CSc1ccccn1. The standard InChI is InChI=1S/C17H15NO3S/c1-2-20-17(19)16-13(11-22-15-9-5-6-10-18-15)12-7-3-4-8-14(12)21-16/h3-10H,2,11H2,1H3. The summed E-state index contributed by atoms with van der Waals surface area (Å²) in [6, 6.07) is 13.4. The van der Waals surface area contributed by atoms with E-state index in [1.807, 2.05) is 42.5 Å². The van der Waals surface area contributed by atoms with Crippen LogP contribution in [0.1, 0.15) is 23.0 Å². The number of fused-ring (bicyclic) bond motifs is 1. The van der Waals surface area contributed by atoms with E-state index in [2.05, 4.69) is 4.98 Å². The number of benzene rings is 1. The summed E-state index contributed by atoms with van der Waals surface area (Å²) in [5, 5.41) is 1.84. The predicted molar refractivity (Wildman–Crippen MR) is 86.0 cm³/mol. The number of para-hydroxylation sites is 1. The first kappa shape index (κ1) is 14.7. The van der Waals surface area contributed by atoms with Gasteiger partial charge in [-0.05, 0) is 25.1 Å². The van der Waals surface area contributed by atoms with E-state index < -0.39 is 5.97 Å². The third kappa shape index (κ3) is 2.99. The van der Waals surface area contributed by atoms with Crippen molar-refractivity contribution in [3.8, 4) is 0 Å². The summed E-state index contributed by atoms with van der Waals surface area (Å²) in [6.45, 7) is 2.10. The molecule has 0 aliphatic heterocycles. The van der Waals surface area contributed by atoms with Crippen LogP contribution in [0.15, 0.2) is 58.1 Å². The van der Waals surface area contributed by atoms with Gasteiger partial charge in [0, 0.05) is 22.9 Å². The molecule has 0 radical (unpaired) electrons. The number of hydrogen-bond acceptors (Lipinski definition) is 5. The average molecular weight is 313 g/mol. The average Bonchev–Trinajstić information content (AvgIpc) is 2.93. The Bertz CT molecular complexity index is 783. The number of pyridine rings is 1. The fourth-order valence-electron chi connectivity index (χ4n) is 2.18. The molecular formula is C17H15NO3S. The van der Waals surface area contributed by atoms with Crippen LogP contribution in [0.4, 0.5) is 0 Å². The number of carbonyl (C=O) groups excluding carboxylic acids is 1. The molecule has 112 valence electrons. The van der Waals surface area contributed by atoms with Gasteiger partial charge in [0.25, 0.3) is 0 Å². The zero-order chi connectivity index (χ0) is 15.4. The molecule has 1 aromatic carbocycles. The van der Waals surface area contributed by atoms with E-state index in [1.54, 1.807) is 24.9 Å². The largest absolute Gasteiger partial charge is 0.460 e. The minimum absolute atomic E-state index is 0.284. The van der Waals surface area contributed by atoms with E-state index in [-0.39, 0.29) is 5.76 Å². The number of thioether (sulfide) groups is 1. The van der Waals surface area contributed by atoms with Crippen molar-refractivity contribution in [2.45, 2.75) is 17.7 Å². The number of nitrogens with zero attached hydrogens (tertiary/aromatic N) is 1. The molecule has 5 heteroatoms. The summed E-state index contributed by atoms with van der Waals surface area (Å²) in [5.41, 5.74) is 1.55. The molecule has 0 N–H and O–H groups in total. The number of ether oxygens (including phenoxy) is 1. The van der Waals surface area contributed by atoms with E-state index in [1.165, 1.54) is 0 Å².